The minimum absolute atomic E-state index is 0.308. The molecule has 0 radical (unpaired) electrons. The van der Waals surface area contributed by atoms with E-state index in [1.165, 1.54) is 19.3 Å². The SMILES string of the molecule is COc1cc(N)cc(COC2CC3CCC2(C)C3(C)C)c1. The van der Waals surface area contributed by atoms with Crippen molar-refractivity contribution in [2.45, 2.75) is 52.7 Å². The van der Waals surface area contributed by atoms with Crippen molar-refractivity contribution in [2.75, 3.05) is 12.8 Å². The predicted octanol–water partition coefficient (Wildman–Crippen LogP) is 4.01. The third kappa shape index (κ3) is 2.22. The van der Waals surface area contributed by atoms with Crippen molar-refractivity contribution in [1.29, 1.82) is 0 Å². The summed E-state index contributed by atoms with van der Waals surface area (Å²) in [5, 5.41) is 0. The van der Waals surface area contributed by atoms with Crippen LogP contribution in [0.2, 0.25) is 0 Å². The number of hydrogen-bond acceptors (Lipinski definition) is 3. The molecule has 1 aromatic rings. The summed E-state index contributed by atoms with van der Waals surface area (Å²) in [5.41, 5.74) is 8.44. The van der Waals surface area contributed by atoms with E-state index in [-0.39, 0.29) is 0 Å². The van der Waals surface area contributed by atoms with Crippen LogP contribution < -0.4 is 10.5 Å². The van der Waals surface area contributed by atoms with Crippen LogP contribution in [0.5, 0.6) is 5.75 Å². The first kappa shape index (κ1) is 14.7. The highest BCUT2D eigenvalue weighted by atomic mass is 16.5. The Morgan fingerprint density at radius 2 is 2.00 bits per heavy atom. The summed E-state index contributed by atoms with van der Waals surface area (Å²) < 4.78 is 11.6. The normalized spacial score (nSPS) is 33.3. The lowest BCUT2D eigenvalue weighted by atomic mass is 9.70. The van der Waals surface area contributed by atoms with Gasteiger partial charge in [0.15, 0.2) is 0 Å². The fraction of sp³-hybridized carbons (Fsp3) is 0.667. The molecule has 2 aliphatic carbocycles. The van der Waals surface area contributed by atoms with E-state index in [9.17, 15) is 0 Å². The van der Waals surface area contributed by atoms with E-state index < -0.39 is 0 Å². The van der Waals surface area contributed by atoms with Crippen LogP contribution in [-0.4, -0.2) is 13.2 Å². The van der Waals surface area contributed by atoms with E-state index >= 15 is 0 Å². The number of rotatable bonds is 4. The van der Waals surface area contributed by atoms with Gasteiger partial charge in [-0.25, -0.2) is 0 Å². The van der Waals surface area contributed by atoms with Crippen molar-refractivity contribution in [3.05, 3.63) is 23.8 Å². The quantitative estimate of drug-likeness (QED) is 0.852. The number of fused-ring (bicyclic) bond motifs is 2. The van der Waals surface area contributed by atoms with Gasteiger partial charge in [0.25, 0.3) is 0 Å². The predicted molar refractivity (Wildman–Crippen MR) is 85.2 cm³/mol. The van der Waals surface area contributed by atoms with Gasteiger partial charge in [0.2, 0.25) is 0 Å². The number of benzene rings is 1. The number of hydrogen-bond donors (Lipinski definition) is 1. The van der Waals surface area contributed by atoms with E-state index in [2.05, 4.69) is 20.8 Å². The fourth-order valence-electron chi connectivity index (χ4n) is 4.47. The topological polar surface area (TPSA) is 44.5 Å². The first-order valence-electron chi connectivity index (χ1n) is 7.92. The van der Waals surface area contributed by atoms with Gasteiger partial charge in [0, 0.05) is 11.8 Å². The molecule has 0 saturated heterocycles. The second-order valence-corrected chi connectivity index (χ2v) is 7.52. The monoisotopic (exact) mass is 289 g/mol. The molecule has 1 aromatic carbocycles. The Morgan fingerprint density at radius 3 is 2.57 bits per heavy atom. The summed E-state index contributed by atoms with van der Waals surface area (Å²) >= 11 is 0. The minimum atomic E-state index is 0.308. The van der Waals surface area contributed by atoms with Crippen LogP contribution in [0.15, 0.2) is 18.2 Å². The maximum Gasteiger partial charge on any atom is 0.121 e. The molecule has 0 aliphatic heterocycles. The van der Waals surface area contributed by atoms with E-state index in [4.69, 9.17) is 15.2 Å². The largest absolute Gasteiger partial charge is 0.497 e. The van der Waals surface area contributed by atoms with Crippen molar-refractivity contribution in [1.82, 2.24) is 0 Å². The van der Waals surface area contributed by atoms with Gasteiger partial charge in [0.05, 0.1) is 19.8 Å². The van der Waals surface area contributed by atoms with Gasteiger partial charge in [-0.1, -0.05) is 20.8 Å². The maximum atomic E-state index is 6.30. The molecule has 3 unspecified atom stereocenters. The van der Waals surface area contributed by atoms with Crippen molar-refractivity contribution in [3.8, 4) is 5.75 Å². The van der Waals surface area contributed by atoms with Gasteiger partial charge < -0.3 is 15.2 Å². The highest BCUT2D eigenvalue weighted by molar-refractivity contribution is 5.47. The van der Waals surface area contributed by atoms with Crippen LogP contribution in [-0.2, 0) is 11.3 Å². The second kappa shape index (κ2) is 4.91. The molecule has 2 fully saturated rings. The molecule has 0 amide bonds. The zero-order chi connectivity index (χ0) is 15.3. The Bertz CT molecular complexity index is 540. The van der Waals surface area contributed by atoms with Gasteiger partial charge in [0.1, 0.15) is 5.75 Å². The Hall–Kier alpha value is -1.22. The molecule has 2 bridgehead atoms. The fourth-order valence-corrected chi connectivity index (χ4v) is 4.47. The highest BCUT2D eigenvalue weighted by Gasteiger charge is 2.61. The molecular formula is C18H27NO2. The molecule has 3 atom stereocenters. The van der Waals surface area contributed by atoms with Crippen LogP contribution in [0, 0.1) is 16.7 Å². The van der Waals surface area contributed by atoms with Gasteiger partial charge in [-0.3, -0.25) is 0 Å². The maximum absolute atomic E-state index is 6.30. The molecule has 2 N–H and O–H groups in total. The van der Waals surface area contributed by atoms with E-state index in [0.29, 0.717) is 23.5 Å². The Labute approximate surface area is 127 Å². The van der Waals surface area contributed by atoms with Crippen molar-refractivity contribution in [3.63, 3.8) is 0 Å². The lowest BCUT2D eigenvalue weighted by molar-refractivity contribution is -0.0550. The Kier molecular flexibility index (Phi) is 3.44. The van der Waals surface area contributed by atoms with Gasteiger partial charge >= 0.3 is 0 Å². The van der Waals surface area contributed by atoms with Crippen LogP contribution in [0.1, 0.15) is 45.6 Å². The average Bonchev–Trinajstić information content (AvgIpc) is 2.77. The molecule has 0 aromatic heterocycles. The number of ether oxygens (including phenoxy) is 2. The molecule has 116 valence electrons. The van der Waals surface area contributed by atoms with Crippen molar-refractivity contribution in [2.24, 2.45) is 16.7 Å². The van der Waals surface area contributed by atoms with Crippen LogP contribution in [0.25, 0.3) is 0 Å². The standard InChI is InChI=1S/C18H27NO2/c1-17(2)13-5-6-18(17,3)16(9-13)21-11-12-7-14(19)10-15(8-12)20-4/h7-8,10,13,16H,5-6,9,11,19H2,1-4H3. The van der Waals surface area contributed by atoms with Crippen LogP contribution in [0.4, 0.5) is 5.69 Å². The lowest BCUT2D eigenvalue weighted by Crippen LogP contribution is -2.37. The summed E-state index contributed by atoms with van der Waals surface area (Å²) in [5.74, 6) is 1.61. The Morgan fingerprint density at radius 1 is 1.24 bits per heavy atom. The summed E-state index contributed by atoms with van der Waals surface area (Å²) in [6, 6.07) is 5.83. The molecule has 3 heteroatoms. The third-order valence-electron chi connectivity index (χ3n) is 6.39. The number of nitrogen functional groups attached to an aromatic ring is 1. The molecule has 21 heavy (non-hydrogen) atoms. The highest BCUT2D eigenvalue weighted by Crippen LogP contribution is 2.66. The van der Waals surface area contributed by atoms with E-state index in [1.807, 2.05) is 18.2 Å². The van der Waals surface area contributed by atoms with Gasteiger partial charge in [-0.2, -0.15) is 0 Å². The molecule has 2 aliphatic rings. The van der Waals surface area contributed by atoms with Crippen LogP contribution in [0.3, 0.4) is 0 Å². The van der Waals surface area contributed by atoms with E-state index in [0.717, 1.165) is 22.9 Å². The average molecular weight is 289 g/mol. The molecule has 0 spiro atoms. The number of nitrogens with two attached hydrogens (primary N) is 1. The summed E-state index contributed by atoms with van der Waals surface area (Å²) in [6.45, 7) is 7.85. The Balaban J connectivity index is 1.71. The molecule has 0 heterocycles. The lowest BCUT2D eigenvalue weighted by Gasteiger charge is -2.39. The first-order chi connectivity index (χ1) is 9.86. The van der Waals surface area contributed by atoms with Gasteiger partial charge in [-0.15, -0.1) is 0 Å². The summed E-state index contributed by atoms with van der Waals surface area (Å²) in [4.78, 5) is 0. The van der Waals surface area contributed by atoms with E-state index in [1.54, 1.807) is 7.11 Å². The van der Waals surface area contributed by atoms with Gasteiger partial charge in [-0.05, 0) is 53.7 Å². The number of methoxy groups -OCH3 is 1. The zero-order valence-electron chi connectivity index (χ0n) is 13.6. The first-order valence-corrected chi connectivity index (χ1v) is 7.92. The molecule has 2 saturated carbocycles. The minimum Gasteiger partial charge on any atom is -0.497 e. The summed E-state index contributed by atoms with van der Waals surface area (Å²) in [7, 11) is 1.67. The second-order valence-electron chi connectivity index (χ2n) is 7.52. The smallest absolute Gasteiger partial charge is 0.121 e. The summed E-state index contributed by atoms with van der Waals surface area (Å²) in [6.07, 6.45) is 4.20. The van der Waals surface area contributed by atoms with Crippen molar-refractivity contribution >= 4 is 5.69 Å². The molecule has 3 nitrogen and oxygen atoms in total. The number of anilines is 1. The molecular weight excluding hydrogens is 262 g/mol. The third-order valence-corrected chi connectivity index (χ3v) is 6.39. The molecule has 3 rings (SSSR count). The zero-order valence-corrected chi connectivity index (χ0v) is 13.6. The van der Waals surface area contributed by atoms with Crippen molar-refractivity contribution < 1.29 is 9.47 Å². The van der Waals surface area contributed by atoms with Crippen LogP contribution >= 0.6 is 0 Å².